The summed E-state index contributed by atoms with van der Waals surface area (Å²) in [6.45, 7) is 5.58. The van der Waals surface area contributed by atoms with Gasteiger partial charge in [-0.05, 0) is 47.6 Å². The van der Waals surface area contributed by atoms with Crippen molar-refractivity contribution < 1.29 is 14.6 Å². The molecule has 1 atom stereocenters. The molecule has 1 unspecified atom stereocenters. The largest absolute Gasteiger partial charge is 0.503 e. The quantitative estimate of drug-likeness (QED) is 0.785. The second-order valence-electron chi connectivity index (χ2n) is 5.07. The van der Waals surface area contributed by atoms with Crippen molar-refractivity contribution in [3.8, 4) is 11.5 Å². The lowest BCUT2D eigenvalue weighted by atomic mass is 10.1. The van der Waals surface area contributed by atoms with Gasteiger partial charge in [0.2, 0.25) is 5.91 Å². The fourth-order valence-corrected chi connectivity index (χ4v) is 2.65. The van der Waals surface area contributed by atoms with Crippen LogP contribution in [0.3, 0.4) is 0 Å². The molecule has 0 aromatic heterocycles. The van der Waals surface area contributed by atoms with Crippen LogP contribution < -0.4 is 10.1 Å². The van der Waals surface area contributed by atoms with E-state index in [1.54, 1.807) is 7.05 Å². The zero-order chi connectivity index (χ0) is 16.0. The van der Waals surface area contributed by atoms with Gasteiger partial charge in [-0.2, -0.15) is 0 Å². The Labute approximate surface area is 134 Å². The number of carbonyl (C=O) groups excluding carboxylic acids is 1. The Balaban J connectivity index is 2.76. The lowest BCUT2D eigenvalue weighted by molar-refractivity contribution is -0.124. The molecule has 0 aliphatic rings. The molecule has 118 valence electrons. The summed E-state index contributed by atoms with van der Waals surface area (Å²) >= 11 is 3.33. The van der Waals surface area contributed by atoms with Gasteiger partial charge < -0.3 is 20.1 Å². The average Bonchev–Trinajstić information content (AvgIpc) is 2.43. The van der Waals surface area contributed by atoms with E-state index in [0.29, 0.717) is 29.9 Å². The van der Waals surface area contributed by atoms with E-state index < -0.39 is 0 Å². The van der Waals surface area contributed by atoms with E-state index in [0.717, 1.165) is 5.56 Å². The van der Waals surface area contributed by atoms with E-state index in [9.17, 15) is 9.90 Å². The minimum atomic E-state index is -0.0769. The number of benzene rings is 1. The van der Waals surface area contributed by atoms with Crippen molar-refractivity contribution in [1.29, 1.82) is 0 Å². The fraction of sp³-hybridized carbons (Fsp3) is 0.533. The lowest BCUT2D eigenvalue weighted by Gasteiger charge is -2.21. The number of hydrogen-bond donors (Lipinski definition) is 2. The van der Waals surface area contributed by atoms with Gasteiger partial charge in [-0.3, -0.25) is 4.79 Å². The molecule has 5 nitrogen and oxygen atoms in total. The summed E-state index contributed by atoms with van der Waals surface area (Å²) in [6, 6.07) is 3.68. The van der Waals surface area contributed by atoms with Crippen molar-refractivity contribution in [2.24, 2.45) is 5.92 Å². The summed E-state index contributed by atoms with van der Waals surface area (Å²) in [6.07, 6.45) is 0. The molecular formula is C15H23BrN2O3. The number of phenolic OH excluding ortho intramolecular Hbond substituents is 1. The molecule has 0 heterocycles. The Morgan fingerprint density at radius 1 is 1.52 bits per heavy atom. The van der Waals surface area contributed by atoms with Gasteiger partial charge in [0.1, 0.15) is 0 Å². The van der Waals surface area contributed by atoms with Gasteiger partial charge >= 0.3 is 0 Å². The number of hydrogen-bond acceptors (Lipinski definition) is 4. The van der Waals surface area contributed by atoms with Crippen LogP contribution in [0.2, 0.25) is 0 Å². The molecule has 1 aromatic carbocycles. The summed E-state index contributed by atoms with van der Waals surface area (Å²) < 4.78 is 6.02. The van der Waals surface area contributed by atoms with Crippen LogP contribution in [0.15, 0.2) is 16.6 Å². The number of amides is 1. The molecule has 1 aromatic rings. The van der Waals surface area contributed by atoms with Crippen LogP contribution in [-0.2, 0) is 11.3 Å². The molecule has 0 radical (unpaired) electrons. The van der Waals surface area contributed by atoms with Gasteiger partial charge in [-0.25, -0.2) is 0 Å². The van der Waals surface area contributed by atoms with E-state index in [1.165, 1.54) is 0 Å². The number of nitrogens with one attached hydrogen (secondary N) is 1. The number of ether oxygens (including phenoxy) is 1. The number of aromatic hydroxyl groups is 1. The first kappa shape index (κ1) is 17.8. The molecule has 1 rings (SSSR count). The molecule has 0 spiro atoms. The van der Waals surface area contributed by atoms with Crippen LogP contribution in [0.5, 0.6) is 11.5 Å². The maximum Gasteiger partial charge on any atom is 0.223 e. The maximum atomic E-state index is 11.5. The number of nitrogens with zero attached hydrogens (tertiary/aromatic N) is 1. The Morgan fingerprint density at radius 3 is 2.76 bits per heavy atom. The molecule has 0 fully saturated rings. The predicted octanol–water partition coefficient (Wildman–Crippen LogP) is 2.37. The van der Waals surface area contributed by atoms with Gasteiger partial charge in [-0.1, -0.05) is 6.92 Å². The topological polar surface area (TPSA) is 61.8 Å². The molecule has 2 N–H and O–H groups in total. The number of carbonyl (C=O) groups is 1. The Kier molecular flexibility index (Phi) is 6.98. The highest BCUT2D eigenvalue weighted by molar-refractivity contribution is 9.10. The maximum absolute atomic E-state index is 11.5. The van der Waals surface area contributed by atoms with Crippen LogP contribution in [0.1, 0.15) is 19.4 Å². The number of phenols is 1. The van der Waals surface area contributed by atoms with Crippen LogP contribution in [-0.4, -0.2) is 43.2 Å². The predicted molar refractivity (Wildman–Crippen MR) is 86.5 cm³/mol. The molecule has 21 heavy (non-hydrogen) atoms. The zero-order valence-corrected chi connectivity index (χ0v) is 14.5. The first-order chi connectivity index (χ1) is 9.88. The van der Waals surface area contributed by atoms with Gasteiger partial charge in [0, 0.05) is 26.1 Å². The number of halogens is 1. The SMILES string of the molecule is CCOc1cc(CN(C)CC(C)C(=O)NC)cc(Br)c1O. The highest BCUT2D eigenvalue weighted by Crippen LogP contribution is 2.35. The number of rotatable bonds is 7. The first-order valence-electron chi connectivity index (χ1n) is 6.93. The third kappa shape index (κ3) is 5.21. The van der Waals surface area contributed by atoms with E-state index in [2.05, 4.69) is 26.1 Å². The highest BCUT2D eigenvalue weighted by Gasteiger charge is 2.15. The minimum Gasteiger partial charge on any atom is -0.503 e. The molecule has 0 saturated carbocycles. The van der Waals surface area contributed by atoms with Crippen LogP contribution in [0.25, 0.3) is 0 Å². The highest BCUT2D eigenvalue weighted by atomic mass is 79.9. The van der Waals surface area contributed by atoms with Gasteiger partial charge in [0.25, 0.3) is 0 Å². The molecule has 0 bridgehead atoms. The van der Waals surface area contributed by atoms with E-state index in [4.69, 9.17) is 4.74 Å². The Bertz CT molecular complexity index is 494. The summed E-state index contributed by atoms with van der Waals surface area (Å²) in [5.41, 5.74) is 1.01. The standard InChI is InChI=1S/C15H23BrN2O3/c1-5-21-13-7-11(6-12(16)14(13)19)9-18(4)8-10(2)15(20)17-3/h6-7,10,19H,5,8-9H2,1-4H3,(H,17,20). The van der Waals surface area contributed by atoms with E-state index in [1.807, 2.05) is 33.0 Å². The van der Waals surface area contributed by atoms with Gasteiger partial charge in [0.15, 0.2) is 11.5 Å². The van der Waals surface area contributed by atoms with Crippen molar-refractivity contribution >= 4 is 21.8 Å². The summed E-state index contributed by atoms with van der Waals surface area (Å²) in [5, 5.41) is 12.5. The van der Waals surface area contributed by atoms with Crippen LogP contribution in [0.4, 0.5) is 0 Å². The smallest absolute Gasteiger partial charge is 0.223 e. The molecule has 6 heteroatoms. The van der Waals surface area contributed by atoms with E-state index in [-0.39, 0.29) is 17.6 Å². The van der Waals surface area contributed by atoms with Crippen molar-refractivity contribution in [2.75, 3.05) is 27.2 Å². The fourth-order valence-electron chi connectivity index (χ4n) is 2.16. The summed E-state index contributed by atoms with van der Waals surface area (Å²) in [5.74, 6) is 0.535. The third-order valence-corrected chi connectivity index (χ3v) is 3.72. The van der Waals surface area contributed by atoms with Crippen LogP contribution in [0, 0.1) is 5.92 Å². The molecular weight excluding hydrogens is 336 g/mol. The first-order valence-corrected chi connectivity index (χ1v) is 7.72. The van der Waals surface area contributed by atoms with E-state index >= 15 is 0 Å². The summed E-state index contributed by atoms with van der Waals surface area (Å²) in [7, 11) is 3.60. The molecule has 1 amide bonds. The monoisotopic (exact) mass is 358 g/mol. The third-order valence-electron chi connectivity index (χ3n) is 3.12. The minimum absolute atomic E-state index is 0.0312. The Hall–Kier alpha value is -1.27. The zero-order valence-electron chi connectivity index (χ0n) is 12.9. The summed E-state index contributed by atoms with van der Waals surface area (Å²) in [4.78, 5) is 13.6. The van der Waals surface area contributed by atoms with Crippen molar-refractivity contribution in [3.05, 3.63) is 22.2 Å². The van der Waals surface area contributed by atoms with Crippen molar-refractivity contribution in [3.63, 3.8) is 0 Å². The second kappa shape index (κ2) is 8.24. The average molecular weight is 359 g/mol. The second-order valence-corrected chi connectivity index (χ2v) is 5.92. The molecule has 0 saturated heterocycles. The lowest BCUT2D eigenvalue weighted by Crippen LogP contribution is -2.34. The van der Waals surface area contributed by atoms with Gasteiger partial charge in [0.05, 0.1) is 11.1 Å². The Morgan fingerprint density at radius 2 is 2.19 bits per heavy atom. The van der Waals surface area contributed by atoms with Gasteiger partial charge in [-0.15, -0.1) is 0 Å². The molecule has 0 aliphatic heterocycles. The van der Waals surface area contributed by atoms with Crippen molar-refractivity contribution in [1.82, 2.24) is 10.2 Å². The molecule has 0 aliphatic carbocycles. The van der Waals surface area contributed by atoms with Crippen LogP contribution >= 0.6 is 15.9 Å². The normalized spacial score (nSPS) is 12.3. The van der Waals surface area contributed by atoms with Crippen molar-refractivity contribution in [2.45, 2.75) is 20.4 Å².